The van der Waals surface area contributed by atoms with Crippen molar-refractivity contribution in [1.29, 1.82) is 0 Å². The topological polar surface area (TPSA) is 96.0 Å². The Kier molecular flexibility index (Phi) is 6.81. The maximum Gasteiger partial charge on any atom is 0.338 e. The summed E-state index contributed by atoms with van der Waals surface area (Å²) in [6.07, 6.45) is 1.28. The first-order valence-corrected chi connectivity index (χ1v) is 9.83. The highest BCUT2D eigenvalue weighted by atomic mass is 16.5. The highest BCUT2D eigenvalue weighted by Gasteiger charge is 2.46. The van der Waals surface area contributed by atoms with Crippen molar-refractivity contribution in [3.05, 3.63) is 72.8 Å². The van der Waals surface area contributed by atoms with Crippen LogP contribution in [0.15, 0.2) is 67.3 Å². The molecule has 1 N–H and O–H groups in total. The lowest BCUT2D eigenvalue weighted by molar-refractivity contribution is -0.124. The first-order valence-electron chi connectivity index (χ1n) is 9.83. The number of hydrogen-bond acceptors (Lipinski definition) is 5. The van der Waals surface area contributed by atoms with E-state index in [-0.39, 0.29) is 19.6 Å². The Morgan fingerprint density at radius 2 is 1.87 bits per heavy atom. The van der Waals surface area contributed by atoms with Gasteiger partial charge in [-0.2, -0.15) is 0 Å². The summed E-state index contributed by atoms with van der Waals surface area (Å²) < 4.78 is 4.96. The van der Waals surface area contributed by atoms with Gasteiger partial charge in [-0.1, -0.05) is 30.3 Å². The van der Waals surface area contributed by atoms with E-state index in [9.17, 15) is 19.2 Å². The number of carbonyl (C=O) groups is 4. The zero-order chi connectivity index (χ0) is 22.4. The van der Waals surface area contributed by atoms with Crippen molar-refractivity contribution in [2.75, 3.05) is 23.4 Å². The number of anilines is 2. The van der Waals surface area contributed by atoms with Gasteiger partial charge in [0.25, 0.3) is 5.91 Å². The molecule has 1 atom stereocenters. The van der Waals surface area contributed by atoms with Gasteiger partial charge in [0, 0.05) is 12.2 Å². The van der Waals surface area contributed by atoms with Crippen LogP contribution in [0, 0.1) is 0 Å². The molecule has 1 aliphatic heterocycles. The maximum atomic E-state index is 13.0. The summed E-state index contributed by atoms with van der Waals surface area (Å²) in [5.74, 6) is -1.43. The molecule has 2 aromatic carbocycles. The Bertz CT molecular complexity index is 1010. The molecule has 0 radical (unpaired) electrons. The lowest BCUT2D eigenvalue weighted by Crippen LogP contribution is -2.38. The number of nitrogens with zero attached hydrogens (tertiary/aromatic N) is 2. The Hall–Kier alpha value is -3.94. The van der Waals surface area contributed by atoms with Crippen LogP contribution in [-0.4, -0.2) is 47.9 Å². The normalized spacial score (nSPS) is 15.7. The van der Waals surface area contributed by atoms with E-state index >= 15 is 0 Å². The lowest BCUT2D eigenvalue weighted by Gasteiger charge is -2.19. The Morgan fingerprint density at radius 1 is 1.13 bits per heavy atom. The van der Waals surface area contributed by atoms with Gasteiger partial charge in [-0.15, -0.1) is 6.58 Å². The molecular formula is C23H23N3O5. The van der Waals surface area contributed by atoms with E-state index in [0.717, 1.165) is 4.90 Å². The molecule has 0 aromatic heterocycles. The van der Waals surface area contributed by atoms with Crippen LogP contribution >= 0.6 is 0 Å². The Labute approximate surface area is 180 Å². The molecule has 0 aliphatic carbocycles. The van der Waals surface area contributed by atoms with Crippen LogP contribution in [0.5, 0.6) is 0 Å². The number of ether oxygens (including phenoxy) is 1. The van der Waals surface area contributed by atoms with Crippen LogP contribution in [0.25, 0.3) is 0 Å². The number of esters is 1. The third kappa shape index (κ3) is 4.80. The fourth-order valence-electron chi connectivity index (χ4n) is 3.32. The lowest BCUT2D eigenvalue weighted by atomic mass is 10.1. The monoisotopic (exact) mass is 421 g/mol. The average molecular weight is 421 g/mol. The number of imide groups is 1. The number of benzene rings is 2. The molecule has 0 saturated carbocycles. The predicted molar refractivity (Wildman–Crippen MR) is 116 cm³/mol. The van der Waals surface area contributed by atoms with Gasteiger partial charge < -0.3 is 15.0 Å². The number of nitrogens with one attached hydrogen (secondary N) is 1. The Balaban J connectivity index is 1.75. The number of rotatable bonds is 8. The van der Waals surface area contributed by atoms with Crippen molar-refractivity contribution in [2.45, 2.75) is 19.4 Å². The zero-order valence-electron chi connectivity index (χ0n) is 17.1. The van der Waals surface area contributed by atoms with Crippen molar-refractivity contribution in [2.24, 2.45) is 0 Å². The van der Waals surface area contributed by atoms with Gasteiger partial charge >= 0.3 is 12.0 Å². The summed E-state index contributed by atoms with van der Waals surface area (Å²) in [4.78, 5) is 52.8. The SMILES string of the molecule is C=CCN1C(=O)N(c2ccccc2)C(=O)[C@H]1CC(=O)Nc1cccc(C(=O)OCC)c1. The van der Waals surface area contributed by atoms with Crippen molar-refractivity contribution in [3.8, 4) is 0 Å². The average Bonchev–Trinajstić information content (AvgIpc) is 2.99. The molecular weight excluding hydrogens is 398 g/mol. The molecule has 0 bridgehead atoms. The van der Waals surface area contributed by atoms with E-state index in [1.807, 2.05) is 0 Å². The van der Waals surface area contributed by atoms with E-state index < -0.39 is 29.9 Å². The number of amides is 4. The standard InChI is InChI=1S/C23H23N3O5/c1-3-13-25-19(21(28)26(23(25)30)18-11-6-5-7-12-18)15-20(27)24-17-10-8-9-16(14-17)22(29)31-4-2/h3,5-12,14,19H,1,4,13,15H2,2H3,(H,24,27)/t19-/m1/s1. The van der Waals surface area contributed by atoms with Crippen molar-refractivity contribution >= 4 is 35.2 Å². The van der Waals surface area contributed by atoms with Crippen LogP contribution in [0.4, 0.5) is 16.2 Å². The highest BCUT2D eigenvalue weighted by molar-refractivity contribution is 6.22. The molecule has 8 heteroatoms. The van der Waals surface area contributed by atoms with Gasteiger partial charge in [0.15, 0.2) is 0 Å². The predicted octanol–water partition coefficient (Wildman–Crippen LogP) is 3.22. The first-order chi connectivity index (χ1) is 15.0. The molecule has 1 aliphatic rings. The van der Waals surface area contributed by atoms with Crippen LogP contribution in [0.1, 0.15) is 23.7 Å². The van der Waals surface area contributed by atoms with Gasteiger partial charge in [0.2, 0.25) is 5.91 Å². The quantitative estimate of drug-likeness (QED) is 0.401. The van der Waals surface area contributed by atoms with E-state index in [2.05, 4.69) is 11.9 Å². The second-order valence-corrected chi connectivity index (χ2v) is 6.80. The number of para-hydroxylation sites is 1. The summed E-state index contributed by atoms with van der Waals surface area (Å²) in [6.45, 7) is 5.71. The fraction of sp³-hybridized carbons (Fsp3) is 0.217. The van der Waals surface area contributed by atoms with Gasteiger partial charge in [-0.3, -0.25) is 9.59 Å². The minimum absolute atomic E-state index is 0.129. The molecule has 31 heavy (non-hydrogen) atoms. The van der Waals surface area contributed by atoms with Gasteiger partial charge in [0.05, 0.1) is 24.3 Å². The van der Waals surface area contributed by atoms with Crippen molar-refractivity contribution in [3.63, 3.8) is 0 Å². The van der Waals surface area contributed by atoms with Crippen molar-refractivity contribution < 1.29 is 23.9 Å². The Morgan fingerprint density at radius 3 is 2.55 bits per heavy atom. The zero-order valence-corrected chi connectivity index (χ0v) is 17.1. The minimum Gasteiger partial charge on any atom is -0.462 e. The second kappa shape index (κ2) is 9.71. The second-order valence-electron chi connectivity index (χ2n) is 6.80. The molecule has 2 aromatic rings. The summed E-state index contributed by atoms with van der Waals surface area (Å²) in [5.41, 5.74) is 1.13. The summed E-state index contributed by atoms with van der Waals surface area (Å²) in [5, 5.41) is 2.68. The molecule has 160 valence electrons. The number of carbonyl (C=O) groups excluding carboxylic acids is 4. The molecule has 0 unspecified atom stereocenters. The smallest absolute Gasteiger partial charge is 0.338 e. The minimum atomic E-state index is -0.959. The number of hydrogen-bond donors (Lipinski definition) is 1. The van der Waals surface area contributed by atoms with Gasteiger partial charge in [-0.05, 0) is 37.3 Å². The third-order valence-corrected chi connectivity index (χ3v) is 4.70. The molecule has 1 fully saturated rings. The molecule has 8 nitrogen and oxygen atoms in total. The van der Waals surface area contributed by atoms with E-state index in [1.54, 1.807) is 55.5 Å². The fourth-order valence-corrected chi connectivity index (χ4v) is 3.32. The molecule has 1 saturated heterocycles. The first kappa shape index (κ1) is 21.8. The van der Waals surface area contributed by atoms with Crippen LogP contribution in [0.2, 0.25) is 0 Å². The summed E-state index contributed by atoms with van der Waals surface area (Å²) in [6, 6.07) is 13.4. The summed E-state index contributed by atoms with van der Waals surface area (Å²) >= 11 is 0. The highest BCUT2D eigenvalue weighted by Crippen LogP contribution is 2.27. The largest absolute Gasteiger partial charge is 0.462 e. The maximum absolute atomic E-state index is 13.0. The van der Waals surface area contributed by atoms with Crippen molar-refractivity contribution in [1.82, 2.24) is 4.90 Å². The third-order valence-electron chi connectivity index (χ3n) is 4.70. The van der Waals surface area contributed by atoms with Gasteiger partial charge in [0.1, 0.15) is 6.04 Å². The molecule has 0 spiro atoms. The molecule has 3 rings (SSSR count). The van der Waals surface area contributed by atoms with Crippen LogP contribution in [0.3, 0.4) is 0 Å². The van der Waals surface area contributed by atoms with Crippen LogP contribution in [-0.2, 0) is 14.3 Å². The van der Waals surface area contributed by atoms with Crippen LogP contribution < -0.4 is 10.2 Å². The number of urea groups is 1. The molecule has 4 amide bonds. The molecule has 1 heterocycles. The van der Waals surface area contributed by atoms with Gasteiger partial charge in [-0.25, -0.2) is 14.5 Å². The van der Waals surface area contributed by atoms with E-state index in [4.69, 9.17) is 4.74 Å². The van der Waals surface area contributed by atoms with E-state index in [0.29, 0.717) is 16.9 Å². The van der Waals surface area contributed by atoms with E-state index in [1.165, 1.54) is 17.0 Å². The summed E-state index contributed by atoms with van der Waals surface area (Å²) in [7, 11) is 0.